The van der Waals surface area contributed by atoms with Gasteiger partial charge in [0.05, 0.1) is 30.3 Å². The third kappa shape index (κ3) is 4.71. The molecule has 2 amide bonds. The number of piperidine rings is 1. The molecule has 27 heavy (non-hydrogen) atoms. The minimum atomic E-state index is -1.03. The number of methoxy groups -OCH3 is 1. The minimum Gasteiger partial charge on any atom is -0.465 e. The molecule has 1 saturated heterocycles. The van der Waals surface area contributed by atoms with E-state index in [9.17, 15) is 19.5 Å². The number of benzene rings is 1. The number of hydrogen-bond donors (Lipinski definition) is 2. The van der Waals surface area contributed by atoms with E-state index in [2.05, 4.69) is 5.32 Å². The van der Waals surface area contributed by atoms with E-state index in [1.165, 1.54) is 24.1 Å². The summed E-state index contributed by atoms with van der Waals surface area (Å²) in [5.41, 5.74) is 0.0133. The lowest BCUT2D eigenvalue weighted by Gasteiger charge is -2.46. The van der Waals surface area contributed by atoms with Crippen LogP contribution in [0.1, 0.15) is 44.0 Å². The van der Waals surface area contributed by atoms with Crippen molar-refractivity contribution in [2.45, 2.75) is 39.7 Å². The zero-order chi connectivity index (χ0) is 20.4. The Kier molecular flexibility index (Phi) is 6.36. The summed E-state index contributed by atoms with van der Waals surface area (Å²) in [4.78, 5) is 38.0. The van der Waals surface area contributed by atoms with Gasteiger partial charge in [-0.25, -0.2) is 9.59 Å². The van der Waals surface area contributed by atoms with Crippen molar-refractivity contribution in [3.63, 3.8) is 0 Å². The summed E-state index contributed by atoms with van der Waals surface area (Å²) < 4.78 is 4.75. The summed E-state index contributed by atoms with van der Waals surface area (Å²) in [6.07, 6.45) is 0.134. The van der Waals surface area contributed by atoms with Crippen molar-refractivity contribution in [3.8, 4) is 0 Å². The number of carbonyl (C=O) groups is 3. The van der Waals surface area contributed by atoms with Gasteiger partial charge in [-0.2, -0.15) is 0 Å². The van der Waals surface area contributed by atoms with E-state index < -0.39 is 29.4 Å². The Hall–Kier alpha value is -2.28. The molecule has 2 unspecified atom stereocenters. The van der Waals surface area contributed by atoms with Gasteiger partial charge in [0, 0.05) is 11.6 Å². The van der Waals surface area contributed by atoms with E-state index in [4.69, 9.17) is 16.3 Å². The number of likely N-dealkylation sites (tertiary alicyclic amines) is 1. The molecular formula is C19H25ClN2O5. The van der Waals surface area contributed by atoms with Gasteiger partial charge in [0.25, 0.3) is 0 Å². The molecule has 1 aromatic rings. The highest BCUT2D eigenvalue weighted by Gasteiger charge is 2.44. The molecule has 2 N–H and O–H groups in total. The maximum atomic E-state index is 13.0. The van der Waals surface area contributed by atoms with E-state index >= 15 is 0 Å². The summed E-state index contributed by atoms with van der Waals surface area (Å²) in [6, 6.07) is 4.05. The number of hydrogen-bond acceptors (Lipinski definition) is 4. The molecule has 2 atom stereocenters. The zero-order valence-corrected chi connectivity index (χ0v) is 16.7. The number of nitrogens with one attached hydrogen (secondary N) is 1. The maximum absolute atomic E-state index is 13.0. The number of rotatable bonds is 3. The molecule has 0 spiro atoms. The molecule has 148 valence electrons. The smallest absolute Gasteiger partial charge is 0.407 e. The summed E-state index contributed by atoms with van der Waals surface area (Å²) >= 11 is 5.95. The van der Waals surface area contributed by atoms with E-state index in [0.29, 0.717) is 24.4 Å². The fourth-order valence-electron chi connectivity index (χ4n) is 3.69. The fourth-order valence-corrected chi connectivity index (χ4v) is 3.86. The number of ether oxygens (including phenoxy) is 1. The van der Waals surface area contributed by atoms with Crippen LogP contribution in [0.4, 0.5) is 10.5 Å². The highest BCUT2D eigenvalue weighted by atomic mass is 35.5. The average molecular weight is 397 g/mol. The number of nitrogens with zero attached hydrogens (tertiary/aromatic N) is 1. The summed E-state index contributed by atoms with van der Waals surface area (Å²) in [5.74, 6) is -1.47. The topological polar surface area (TPSA) is 95.9 Å². The maximum Gasteiger partial charge on any atom is 0.407 e. The first kappa shape index (κ1) is 21.0. The molecule has 2 rings (SSSR count). The summed E-state index contributed by atoms with van der Waals surface area (Å²) in [5, 5.41) is 12.7. The van der Waals surface area contributed by atoms with Crippen molar-refractivity contribution in [3.05, 3.63) is 28.8 Å². The van der Waals surface area contributed by atoms with Crippen LogP contribution in [-0.2, 0) is 9.53 Å². The Bertz CT molecular complexity index is 744. The van der Waals surface area contributed by atoms with Gasteiger partial charge < -0.3 is 20.1 Å². The molecule has 0 bridgehead atoms. The third-order valence-corrected chi connectivity index (χ3v) is 4.98. The molecule has 0 saturated carbocycles. The van der Waals surface area contributed by atoms with Crippen molar-refractivity contribution in [2.24, 2.45) is 11.3 Å². The standard InChI is InChI=1S/C19H25ClN2O5/c1-19(2,3)15-12(6-5-9-22(15)18(25)26)16(23)21-14-8-7-11(20)10-13(14)17(24)27-4/h7-8,10,12,15H,5-6,9H2,1-4H3,(H,21,23)(H,25,26). The monoisotopic (exact) mass is 396 g/mol. The van der Waals surface area contributed by atoms with E-state index in [1.807, 2.05) is 20.8 Å². The zero-order valence-electron chi connectivity index (χ0n) is 15.9. The van der Waals surface area contributed by atoms with Crippen LogP contribution in [0, 0.1) is 11.3 Å². The molecule has 1 aromatic carbocycles. The van der Waals surface area contributed by atoms with Gasteiger partial charge in [-0.1, -0.05) is 32.4 Å². The lowest BCUT2D eigenvalue weighted by molar-refractivity contribution is -0.125. The quantitative estimate of drug-likeness (QED) is 0.756. The molecule has 1 aliphatic rings. The van der Waals surface area contributed by atoms with Crippen LogP contribution >= 0.6 is 11.6 Å². The molecule has 0 radical (unpaired) electrons. The van der Waals surface area contributed by atoms with Crippen LogP contribution in [0.2, 0.25) is 5.02 Å². The lowest BCUT2D eigenvalue weighted by Crippen LogP contribution is -2.57. The highest BCUT2D eigenvalue weighted by Crippen LogP contribution is 2.37. The lowest BCUT2D eigenvalue weighted by atomic mass is 9.73. The largest absolute Gasteiger partial charge is 0.465 e. The SMILES string of the molecule is COC(=O)c1cc(Cl)ccc1NC(=O)C1CCCN(C(=O)O)C1C(C)(C)C. The number of halogens is 1. The first-order valence-corrected chi connectivity index (χ1v) is 9.12. The van der Waals surface area contributed by atoms with Gasteiger partial charge >= 0.3 is 12.1 Å². The van der Waals surface area contributed by atoms with Crippen LogP contribution in [0.3, 0.4) is 0 Å². The Balaban J connectivity index is 2.34. The average Bonchev–Trinajstić information content (AvgIpc) is 2.60. The molecule has 7 nitrogen and oxygen atoms in total. The number of amides is 2. The van der Waals surface area contributed by atoms with Crippen molar-refractivity contribution in [2.75, 3.05) is 19.0 Å². The number of carbonyl (C=O) groups excluding carboxylic acids is 2. The fraction of sp³-hybridized carbons (Fsp3) is 0.526. The number of carboxylic acid groups (broad SMARTS) is 1. The van der Waals surface area contributed by atoms with Crippen molar-refractivity contribution >= 4 is 35.3 Å². The minimum absolute atomic E-state index is 0.150. The molecule has 1 heterocycles. The van der Waals surface area contributed by atoms with E-state index in [0.717, 1.165) is 0 Å². The van der Waals surface area contributed by atoms with E-state index in [-0.39, 0.29) is 17.2 Å². The predicted octanol–water partition coefficient (Wildman–Crippen LogP) is 3.87. The molecule has 0 aliphatic carbocycles. The van der Waals surface area contributed by atoms with Gasteiger partial charge in [0.1, 0.15) is 0 Å². The van der Waals surface area contributed by atoms with Gasteiger partial charge in [-0.15, -0.1) is 0 Å². The summed E-state index contributed by atoms with van der Waals surface area (Å²) in [7, 11) is 1.25. The highest BCUT2D eigenvalue weighted by molar-refractivity contribution is 6.31. The Morgan fingerprint density at radius 1 is 1.30 bits per heavy atom. The predicted molar refractivity (Wildman–Crippen MR) is 102 cm³/mol. The second kappa shape index (κ2) is 8.17. The van der Waals surface area contributed by atoms with Gasteiger partial charge in [0.2, 0.25) is 5.91 Å². The van der Waals surface area contributed by atoms with Crippen LogP contribution in [-0.4, -0.2) is 47.7 Å². The normalized spacial score (nSPS) is 20.1. The Morgan fingerprint density at radius 3 is 2.52 bits per heavy atom. The van der Waals surface area contributed by atoms with Crippen molar-refractivity contribution < 1.29 is 24.2 Å². The molecule has 1 aliphatic heterocycles. The van der Waals surface area contributed by atoms with Gasteiger partial charge in [-0.3, -0.25) is 4.79 Å². The molecule has 8 heteroatoms. The van der Waals surface area contributed by atoms with Crippen LogP contribution in [0.5, 0.6) is 0 Å². The van der Waals surface area contributed by atoms with Crippen LogP contribution < -0.4 is 5.32 Å². The van der Waals surface area contributed by atoms with Gasteiger partial charge in [0.15, 0.2) is 0 Å². The first-order valence-electron chi connectivity index (χ1n) is 8.74. The van der Waals surface area contributed by atoms with Crippen LogP contribution in [0.25, 0.3) is 0 Å². The van der Waals surface area contributed by atoms with Crippen molar-refractivity contribution in [1.82, 2.24) is 4.90 Å². The first-order chi connectivity index (χ1) is 12.6. The van der Waals surface area contributed by atoms with Crippen LogP contribution in [0.15, 0.2) is 18.2 Å². The second-order valence-electron chi connectivity index (χ2n) is 7.71. The summed E-state index contributed by atoms with van der Waals surface area (Å²) in [6.45, 7) is 6.15. The second-order valence-corrected chi connectivity index (χ2v) is 8.14. The number of anilines is 1. The van der Waals surface area contributed by atoms with E-state index in [1.54, 1.807) is 6.07 Å². The molecule has 0 aromatic heterocycles. The third-order valence-electron chi connectivity index (χ3n) is 4.75. The molecular weight excluding hydrogens is 372 g/mol. The van der Waals surface area contributed by atoms with Gasteiger partial charge in [-0.05, 0) is 36.5 Å². The van der Waals surface area contributed by atoms with Crippen molar-refractivity contribution in [1.29, 1.82) is 0 Å². The Morgan fingerprint density at radius 2 is 1.96 bits per heavy atom. The molecule has 1 fully saturated rings. The number of esters is 1. The Labute approximate surface area is 163 Å².